The summed E-state index contributed by atoms with van der Waals surface area (Å²) in [6.45, 7) is 9.79. The van der Waals surface area contributed by atoms with E-state index in [0.717, 1.165) is 57.0 Å². The summed E-state index contributed by atoms with van der Waals surface area (Å²) in [5, 5.41) is 9.89. The number of rotatable bonds is 2. The van der Waals surface area contributed by atoms with E-state index in [9.17, 15) is 5.11 Å². The standard InChI is InChI=1S/C17H28N2O3/c1-16(2,3)14-11-18-15(22-14)12-19-7-5-17(6-8-19)10-13(20)4-9-21-17/h11,13,20H,4-10,12H2,1-3H3. The number of aromatic nitrogens is 1. The maximum atomic E-state index is 9.89. The van der Waals surface area contributed by atoms with Gasteiger partial charge in [-0.2, -0.15) is 0 Å². The van der Waals surface area contributed by atoms with Gasteiger partial charge in [-0.1, -0.05) is 20.8 Å². The predicted molar refractivity (Wildman–Crippen MR) is 83.6 cm³/mol. The summed E-state index contributed by atoms with van der Waals surface area (Å²) in [6, 6.07) is 0. The molecule has 1 unspecified atom stereocenters. The second-order valence-corrected chi connectivity index (χ2v) is 7.82. The zero-order valence-corrected chi connectivity index (χ0v) is 14.0. The lowest BCUT2D eigenvalue weighted by molar-refractivity contribution is -0.143. The number of hydrogen-bond donors (Lipinski definition) is 1. The molecule has 5 heteroatoms. The Labute approximate surface area is 132 Å². The van der Waals surface area contributed by atoms with Gasteiger partial charge in [0.15, 0.2) is 0 Å². The molecule has 1 spiro atoms. The highest BCUT2D eigenvalue weighted by atomic mass is 16.5. The van der Waals surface area contributed by atoms with Gasteiger partial charge in [0.2, 0.25) is 5.89 Å². The van der Waals surface area contributed by atoms with Gasteiger partial charge >= 0.3 is 0 Å². The lowest BCUT2D eigenvalue weighted by Crippen LogP contribution is -2.50. The van der Waals surface area contributed by atoms with Crippen molar-refractivity contribution in [3.05, 3.63) is 17.8 Å². The van der Waals surface area contributed by atoms with Gasteiger partial charge in [0.05, 0.1) is 24.4 Å². The Morgan fingerprint density at radius 3 is 2.68 bits per heavy atom. The molecule has 0 aromatic carbocycles. The first-order valence-corrected chi connectivity index (χ1v) is 8.36. The van der Waals surface area contributed by atoms with Crippen molar-refractivity contribution in [1.82, 2.24) is 9.88 Å². The van der Waals surface area contributed by atoms with Gasteiger partial charge < -0.3 is 14.3 Å². The molecular weight excluding hydrogens is 280 g/mol. The zero-order valence-electron chi connectivity index (χ0n) is 14.0. The normalized spacial score (nSPS) is 26.5. The molecule has 2 saturated heterocycles. The van der Waals surface area contributed by atoms with Crippen LogP contribution in [-0.2, 0) is 16.7 Å². The summed E-state index contributed by atoms with van der Waals surface area (Å²) in [5.74, 6) is 1.74. The maximum absolute atomic E-state index is 9.89. The molecule has 1 aromatic heterocycles. The summed E-state index contributed by atoms with van der Waals surface area (Å²) in [7, 11) is 0. The fourth-order valence-corrected chi connectivity index (χ4v) is 3.39. The van der Waals surface area contributed by atoms with Crippen LogP contribution in [0.2, 0.25) is 0 Å². The van der Waals surface area contributed by atoms with E-state index in [2.05, 4.69) is 30.7 Å². The molecule has 2 fully saturated rings. The van der Waals surface area contributed by atoms with Crippen LogP contribution < -0.4 is 0 Å². The van der Waals surface area contributed by atoms with Crippen LogP contribution >= 0.6 is 0 Å². The molecule has 3 heterocycles. The Balaban J connectivity index is 1.55. The number of hydrogen-bond acceptors (Lipinski definition) is 5. The Morgan fingerprint density at radius 1 is 1.36 bits per heavy atom. The molecule has 22 heavy (non-hydrogen) atoms. The summed E-state index contributed by atoms with van der Waals surface area (Å²) in [5.41, 5.74) is -0.0926. The van der Waals surface area contributed by atoms with Gasteiger partial charge in [0, 0.05) is 31.5 Å². The van der Waals surface area contributed by atoms with Crippen molar-refractivity contribution in [2.75, 3.05) is 19.7 Å². The third-order valence-electron chi connectivity index (χ3n) is 4.89. The summed E-state index contributed by atoms with van der Waals surface area (Å²) in [4.78, 5) is 6.78. The highest BCUT2D eigenvalue weighted by Gasteiger charge is 2.40. The van der Waals surface area contributed by atoms with Crippen LogP contribution in [0.25, 0.3) is 0 Å². The number of likely N-dealkylation sites (tertiary alicyclic amines) is 1. The first-order valence-electron chi connectivity index (χ1n) is 8.36. The molecule has 0 amide bonds. The first kappa shape index (κ1) is 16.0. The summed E-state index contributed by atoms with van der Waals surface area (Å²) >= 11 is 0. The minimum atomic E-state index is -0.193. The molecule has 0 saturated carbocycles. The fraction of sp³-hybridized carbons (Fsp3) is 0.824. The number of piperidine rings is 1. The van der Waals surface area contributed by atoms with Gasteiger partial charge in [0.1, 0.15) is 5.76 Å². The quantitative estimate of drug-likeness (QED) is 0.909. The number of ether oxygens (including phenoxy) is 1. The Kier molecular flexibility index (Phi) is 4.32. The average Bonchev–Trinajstić information content (AvgIpc) is 2.90. The molecule has 2 aliphatic heterocycles. The van der Waals surface area contributed by atoms with Crippen molar-refractivity contribution in [2.24, 2.45) is 0 Å². The second-order valence-electron chi connectivity index (χ2n) is 7.82. The van der Waals surface area contributed by atoms with Crippen LogP contribution in [0.1, 0.15) is 58.1 Å². The molecular formula is C17H28N2O3. The van der Waals surface area contributed by atoms with Gasteiger partial charge in [-0.25, -0.2) is 4.98 Å². The minimum Gasteiger partial charge on any atom is -0.444 e. The highest BCUT2D eigenvalue weighted by molar-refractivity contribution is 5.06. The van der Waals surface area contributed by atoms with Gasteiger partial charge in [-0.15, -0.1) is 0 Å². The van der Waals surface area contributed by atoms with E-state index >= 15 is 0 Å². The van der Waals surface area contributed by atoms with Crippen molar-refractivity contribution < 1.29 is 14.3 Å². The van der Waals surface area contributed by atoms with E-state index < -0.39 is 0 Å². The van der Waals surface area contributed by atoms with Crippen molar-refractivity contribution in [3.63, 3.8) is 0 Å². The first-order chi connectivity index (χ1) is 10.4. The monoisotopic (exact) mass is 308 g/mol. The van der Waals surface area contributed by atoms with Crippen LogP contribution in [0.5, 0.6) is 0 Å². The van der Waals surface area contributed by atoms with Crippen molar-refractivity contribution >= 4 is 0 Å². The predicted octanol–water partition coefficient (Wildman–Crippen LogP) is 2.48. The topological polar surface area (TPSA) is 58.7 Å². The fourth-order valence-electron chi connectivity index (χ4n) is 3.39. The van der Waals surface area contributed by atoms with Crippen LogP contribution in [0.4, 0.5) is 0 Å². The molecule has 124 valence electrons. The third kappa shape index (κ3) is 3.53. The molecule has 0 bridgehead atoms. The smallest absolute Gasteiger partial charge is 0.208 e. The number of oxazole rings is 1. The molecule has 0 aliphatic carbocycles. The van der Waals surface area contributed by atoms with E-state index in [1.165, 1.54) is 0 Å². The molecule has 3 rings (SSSR count). The Hall–Kier alpha value is -0.910. The van der Waals surface area contributed by atoms with Crippen molar-refractivity contribution in [2.45, 2.75) is 70.1 Å². The van der Waals surface area contributed by atoms with Crippen LogP contribution in [0.15, 0.2) is 10.6 Å². The van der Waals surface area contributed by atoms with Crippen LogP contribution in [-0.4, -0.2) is 46.4 Å². The molecule has 1 atom stereocenters. The largest absolute Gasteiger partial charge is 0.444 e. The summed E-state index contributed by atoms with van der Waals surface area (Å²) in [6.07, 6.45) is 5.18. The van der Waals surface area contributed by atoms with Gasteiger partial charge in [0.25, 0.3) is 0 Å². The van der Waals surface area contributed by atoms with Crippen LogP contribution in [0, 0.1) is 0 Å². The lowest BCUT2D eigenvalue weighted by atomic mass is 9.83. The second kappa shape index (κ2) is 5.95. The molecule has 2 aliphatic rings. The highest BCUT2D eigenvalue weighted by Crippen LogP contribution is 2.35. The van der Waals surface area contributed by atoms with Crippen molar-refractivity contribution in [3.8, 4) is 0 Å². The summed E-state index contributed by atoms with van der Waals surface area (Å²) < 4.78 is 11.9. The van der Waals surface area contributed by atoms with E-state index in [-0.39, 0.29) is 17.1 Å². The Morgan fingerprint density at radius 2 is 2.09 bits per heavy atom. The Bertz CT molecular complexity index is 498. The van der Waals surface area contributed by atoms with Gasteiger partial charge in [-0.3, -0.25) is 4.90 Å². The molecule has 0 radical (unpaired) electrons. The van der Waals surface area contributed by atoms with E-state index in [1.54, 1.807) is 0 Å². The number of aliphatic hydroxyl groups excluding tert-OH is 1. The van der Waals surface area contributed by atoms with E-state index in [1.807, 2.05) is 6.20 Å². The SMILES string of the molecule is CC(C)(C)c1cnc(CN2CCC3(CC2)CC(O)CCO3)o1. The minimum absolute atomic E-state index is 0.00326. The lowest BCUT2D eigenvalue weighted by Gasteiger charge is -2.45. The van der Waals surface area contributed by atoms with Crippen LogP contribution in [0.3, 0.4) is 0 Å². The van der Waals surface area contributed by atoms with E-state index in [0.29, 0.717) is 6.61 Å². The zero-order chi connectivity index (χ0) is 15.8. The van der Waals surface area contributed by atoms with Gasteiger partial charge in [-0.05, 0) is 19.3 Å². The van der Waals surface area contributed by atoms with E-state index in [4.69, 9.17) is 9.15 Å². The molecule has 1 N–H and O–H groups in total. The maximum Gasteiger partial charge on any atom is 0.208 e. The molecule has 1 aromatic rings. The molecule has 5 nitrogen and oxygen atoms in total. The average molecular weight is 308 g/mol. The third-order valence-corrected chi connectivity index (χ3v) is 4.89. The number of nitrogens with zero attached hydrogens (tertiary/aromatic N) is 2. The van der Waals surface area contributed by atoms with Crippen molar-refractivity contribution in [1.29, 1.82) is 0 Å². The number of aliphatic hydroxyl groups is 1.